The van der Waals surface area contributed by atoms with Crippen molar-refractivity contribution in [2.75, 3.05) is 51.8 Å². The highest BCUT2D eigenvalue weighted by Crippen LogP contribution is 2.22. The molecule has 2 aromatic rings. The molecule has 1 fully saturated rings. The van der Waals surface area contributed by atoms with Crippen LogP contribution < -0.4 is 15.0 Å². The van der Waals surface area contributed by atoms with Crippen LogP contribution in [0.3, 0.4) is 0 Å². The Morgan fingerprint density at radius 1 is 1.30 bits per heavy atom. The third-order valence-corrected chi connectivity index (χ3v) is 5.98. The van der Waals surface area contributed by atoms with Crippen LogP contribution >= 0.6 is 11.3 Å². The van der Waals surface area contributed by atoms with Gasteiger partial charge in [0.15, 0.2) is 5.96 Å². The first-order chi connectivity index (χ1) is 13.2. The summed E-state index contributed by atoms with van der Waals surface area (Å²) in [4.78, 5) is 15.0. The van der Waals surface area contributed by atoms with E-state index in [0.717, 1.165) is 57.3 Å². The SMILES string of the molecule is CCc1cnc(CCNC(=NC)N2CCN(c3cccc(OC)c3)CC2)s1. The highest BCUT2D eigenvalue weighted by molar-refractivity contribution is 7.11. The van der Waals surface area contributed by atoms with Gasteiger partial charge in [-0.05, 0) is 18.6 Å². The van der Waals surface area contributed by atoms with Gasteiger partial charge in [0.2, 0.25) is 0 Å². The van der Waals surface area contributed by atoms with E-state index in [4.69, 9.17) is 4.74 Å². The zero-order chi connectivity index (χ0) is 19.1. The third-order valence-electron chi connectivity index (χ3n) is 4.78. The molecule has 0 radical (unpaired) electrons. The molecule has 27 heavy (non-hydrogen) atoms. The van der Waals surface area contributed by atoms with Gasteiger partial charge in [-0.1, -0.05) is 13.0 Å². The summed E-state index contributed by atoms with van der Waals surface area (Å²) in [5.41, 5.74) is 1.22. The summed E-state index contributed by atoms with van der Waals surface area (Å²) in [6, 6.07) is 8.27. The average Bonchev–Trinajstić information content (AvgIpc) is 3.19. The number of rotatable bonds is 6. The van der Waals surface area contributed by atoms with Gasteiger partial charge in [-0.25, -0.2) is 4.98 Å². The summed E-state index contributed by atoms with van der Waals surface area (Å²) in [5.74, 6) is 1.88. The van der Waals surface area contributed by atoms with Crippen LogP contribution in [0.1, 0.15) is 16.8 Å². The van der Waals surface area contributed by atoms with Crippen molar-refractivity contribution >= 4 is 23.0 Å². The van der Waals surface area contributed by atoms with E-state index in [1.165, 1.54) is 15.6 Å². The second kappa shape index (κ2) is 9.60. The number of benzene rings is 1. The van der Waals surface area contributed by atoms with Gasteiger partial charge >= 0.3 is 0 Å². The van der Waals surface area contributed by atoms with Crippen LogP contribution in [0.15, 0.2) is 35.5 Å². The zero-order valence-corrected chi connectivity index (χ0v) is 17.3. The maximum Gasteiger partial charge on any atom is 0.193 e. The van der Waals surface area contributed by atoms with Crippen molar-refractivity contribution in [3.05, 3.63) is 40.3 Å². The quantitative estimate of drug-likeness (QED) is 0.610. The summed E-state index contributed by atoms with van der Waals surface area (Å²) < 4.78 is 5.34. The maximum absolute atomic E-state index is 5.34. The lowest BCUT2D eigenvalue weighted by atomic mass is 10.2. The maximum atomic E-state index is 5.34. The van der Waals surface area contributed by atoms with Gasteiger partial charge in [0.25, 0.3) is 0 Å². The number of hydrogen-bond acceptors (Lipinski definition) is 5. The molecule has 0 bridgehead atoms. The molecule has 0 spiro atoms. The molecule has 1 aromatic heterocycles. The average molecular weight is 388 g/mol. The summed E-state index contributed by atoms with van der Waals surface area (Å²) in [6.45, 7) is 6.88. The first-order valence-corrected chi connectivity index (χ1v) is 10.3. The van der Waals surface area contributed by atoms with Crippen LogP contribution in [0, 0.1) is 0 Å². The Kier molecular flexibility index (Phi) is 6.92. The van der Waals surface area contributed by atoms with Gasteiger partial charge in [0, 0.05) is 69.0 Å². The van der Waals surface area contributed by atoms with E-state index in [1.54, 1.807) is 7.11 Å². The van der Waals surface area contributed by atoms with Gasteiger partial charge in [-0.15, -0.1) is 11.3 Å². The Morgan fingerprint density at radius 2 is 2.11 bits per heavy atom. The van der Waals surface area contributed by atoms with Crippen molar-refractivity contribution in [2.45, 2.75) is 19.8 Å². The molecule has 7 heteroatoms. The first-order valence-electron chi connectivity index (χ1n) is 9.51. The van der Waals surface area contributed by atoms with E-state index in [9.17, 15) is 0 Å². The van der Waals surface area contributed by atoms with Crippen LogP contribution in [0.25, 0.3) is 0 Å². The zero-order valence-electron chi connectivity index (χ0n) is 16.4. The topological polar surface area (TPSA) is 53.0 Å². The van der Waals surface area contributed by atoms with E-state index in [-0.39, 0.29) is 0 Å². The predicted molar refractivity (Wildman–Crippen MR) is 113 cm³/mol. The Hall–Kier alpha value is -2.28. The number of piperazine rings is 1. The third kappa shape index (κ3) is 5.13. The summed E-state index contributed by atoms with van der Waals surface area (Å²) in [5, 5.41) is 4.68. The minimum absolute atomic E-state index is 0.861. The number of methoxy groups -OCH3 is 1. The van der Waals surface area contributed by atoms with Crippen molar-refractivity contribution in [1.29, 1.82) is 0 Å². The van der Waals surface area contributed by atoms with Gasteiger partial charge in [-0.2, -0.15) is 0 Å². The molecule has 0 atom stereocenters. The standard InChI is InChI=1S/C20H29N5OS/c1-4-18-15-23-19(27-18)8-9-22-20(21-2)25-12-10-24(11-13-25)16-6-5-7-17(14-16)26-3/h5-7,14-15H,4,8-13H2,1-3H3,(H,21,22). The summed E-state index contributed by atoms with van der Waals surface area (Å²) in [6.07, 6.45) is 3.99. The molecule has 1 aliphatic heterocycles. The van der Waals surface area contributed by atoms with Crippen LogP contribution in [0.4, 0.5) is 5.69 Å². The molecule has 146 valence electrons. The lowest BCUT2D eigenvalue weighted by molar-refractivity contribution is 0.372. The van der Waals surface area contributed by atoms with E-state index in [2.05, 4.69) is 44.1 Å². The molecular weight excluding hydrogens is 358 g/mol. The van der Waals surface area contributed by atoms with Crippen LogP contribution in [-0.4, -0.2) is 62.7 Å². The molecule has 1 N–H and O–H groups in total. The molecule has 2 heterocycles. The highest BCUT2D eigenvalue weighted by atomic mass is 32.1. The molecule has 0 unspecified atom stereocenters. The van der Waals surface area contributed by atoms with Crippen molar-refractivity contribution < 1.29 is 4.74 Å². The summed E-state index contributed by atoms with van der Waals surface area (Å²) in [7, 11) is 3.57. The van der Waals surface area contributed by atoms with E-state index in [1.807, 2.05) is 36.7 Å². The largest absolute Gasteiger partial charge is 0.497 e. The van der Waals surface area contributed by atoms with E-state index >= 15 is 0 Å². The monoisotopic (exact) mass is 387 g/mol. The Bertz CT molecular complexity index is 752. The molecule has 0 aliphatic carbocycles. The Labute approximate surface area is 165 Å². The summed E-state index contributed by atoms with van der Waals surface area (Å²) >= 11 is 1.81. The van der Waals surface area contributed by atoms with Crippen LogP contribution in [0.2, 0.25) is 0 Å². The number of guanidine groups is 1. The van der Waals surface area contributed by atoms with Crippen LogP contribution in [0.5, 0.6) is 5.75 Å². The molecule has 6 nitrogen and oxygen atoms in total. The smallest absolute Gasteiger partial charge is 0.193 e. The normalized spacial score (nSPS) is 15.1. The van der Waals surface area contributed by atoms with Crippen molar-refractivity contribution in [3.63, 3.8) is 0 Å². The van der Waals surface area contributed by atoms with Gasteiger partial charge in [0.1, 0.15) is 5.75 Å². The number of hydrogen-bond donors (Lipinski definition) is 1. The minimum atomic E-state index is 0.861. The number of aliphatic imine (C=N–C) groups is 1. The lowest BCUT2D eigenvalue weighted by Crippen LogP contribution is -2.52. The lowest BCUT2D eigenvalue weighted by Gasteiger charge is -2.37. The van der Waals surface area contributed by atoms with Gasteiger partial charge in [0.05, 0.1) is 12.1 Å². The number of ether oxygens (including phenoxy) is 1. The van der Waals surface area contributed by atoms with Crippen LogP contribution in [-0.2, 0) is 12.8 Å². The van der Waals surface area contributed by atoms with Crippen molar-refractivity contribution in [2.24, 2.45) is 4.99 Å². The van der Waals surface area contributed by atoms with Crippen molar-refractivity contribution in [1.82, 2.24) is 15.2 Å². The Morgan fingerprint density at radius 3 is 2.78 bits per heavy atom. The van der Waals surface area contributed by atoms with Crippen molar-refractivity contribution in [3.8, 4) is 5.75 Å². The number of thiazole rings is 1. The molecule has 1 saturated heterocycles. The van der Waals surface area contributed by atoms with Gasteiger partial charge in [-0.3, -0.25) is 4.99 Å². The number of nitrogens with zero attached hydrogens (tertiary/aromatic N) is 4. The second-order valence-electron chi connectivity index (χ2n) is 6.47. The Balaban J connectivity index is 1.48. The molecule has 1 aromatic carbocycles. The fourth-order valence-electron chi connectivity index (χ4n) is 3.22. The number of anilines is 1. The fraction of sp³-hybridized carbons (Fsp3) is 0.500. The fourth-order valence-corrected chi connectivity index (χ4v) is 4.09. The minimum Gasteiger partial charge on any atom is -0.497 e. The second-order valence-corrected chi connectivity index (χ2v) is 7.67. The molecule has 0 amide bonds. The predicted octanol–water partition coefficient (Wildman–Crippen LogP) is 2.65. The molecular formula is C20H29N5OS. The first kappa shape index (κ1) is 19.5. The molecule has 1 aliphatic rings. The number of aromatic nitrogens is 1. The van der Waals surface area contributed by atoms with Gasteiger partial charge < -0.3 is 19.9 Å². The van der Waals surface area contributed by atoms with E-state index < -0.39 is 0 Å². The number of aryl methyl sites for hydroxylation is 1. The number of nitrogens with one attached hydrogen (secondary N) is 1. The molecule has 0 saturated carbocycles. The highest BCUT2D eigenvalue weighted by Gasteiger charge is 2.20. The molecule has 3 rings (SSSR count). The van der Waals surface area contributed by atoms with E-state index in [0.29, 0.717) is 0 Å².